The van der Waals surface area contributed by atoms with Crippen LogP contribution in [0.3, 0.4) is 0 Å². The van der Waals surface area contributed by atoms with Crippen LogP contribution in [0.5, 0.6) is 0 Å². The Labute approximate surface area is 123 Å². The third kappa shape index (κ3) is 3.06. The summed E-state index contributed by atoms with van der Waals surface area (Å²) in [5.41, 5.74) is 0. The molecular weight excluding hydrogens is 317 g/mol. The fraction of sp³-hybridized carbons (Fsp3) is 0.182. The zero-order valence-electron chi connectivity index (χ0n) is 10.6. The minimum atomic E-state index is -3.64. The summed E-state index contributed by atoms with van der Waals surface area (Å²) >= 11 is 1.35. The molecule has 0 aliphatic rings. The van der Waals surface area contributed by atoms with E-state index in [9.17, 15) is 12.8 Å². The van der Waals surface area contributed by atoms with Crippen molar-refractivity contribution < 1.29 is 12.8 Å². The highest BCUT2D eigenvalue weighted by atomic mass is 32.2. The molecule has 0 aliphatic heterocycles. The SMILES string of the molecule is O=S(=O)(NCCc1nn2cnnc2s1)c1ccc(F)cc1. The fourth-order valence-electron chi connectivity index (χ4n) is 1.69. The first-order valence-electron chi connectivity index (χ1n) is 5.95. The van der Waals surface area contributed by atoms with Gasteiger partial charge in [-0.1, -0.05) is 11.3 Å². The largest absolute Gasteiger partial charge is 0.240 e. The summed E-state index contributed by atoms with van der Waals surface area (Å²) in [5, 5.41) is 12.5. The Morgan fingerprint density at radius 1 is 1.29 bits per heavy atom. The lowest BCUT2D eigenvalue weighted by molar-refractivity contribution is 0.580. The van der Waals surface area contributed by atoms with E-state index in [4.69, 9.17) is 0 Å². The number of hydrogen-bond donors (Lipinski definition) is 1. The van der Waals surface area contributed by atoms with Crippen LogP contribution in [0.25, 0.3) is 4.96 Å². The molecule has 3 aromatic rings. The van der Waals surface area contributed by atoms with Gasteiger partial charge in [0.2, 0.25) is 15.0 Å². The van der Waals surface area contributed by atoms with Crippen molar-refractivity contribution in [3.05, 3.63) is 41.4 Å². The molecule has 0 fully saturated rings. The molecule has 2 heterocycles. The standard InChI is InChI=1S/C11H10FN5O2S2/c12-8-1-3-9(4-2-8)21(18,19)14-6-5-10-16-17-7-13-15-11(17)20-10/h1-4,7,14H,5-6H2. The van der Waals surface area contributed by atoms with Gasteiger partial charge >= 0.3 is 0 Å². The maximum Gasteiger partial charge on any atom is 0.240 e. The molecule has 0 bridgehead atoms. The quantitative estimate of drug-likeness (QED) is 0.750. The molecule has 1 aromatic carbocycles. The van der Waals surface area contributed by atoms with E-state index in [-0.39, 0.29) is 11.4 Å². The number of hydrogen-bond acceptors (Lipinski definition) is 6. The molecular formula is C11H10FN5O2S2. The van der Waals surface area contributed by atoms with Gasteiger partial charge in [-0.15, -0.1) is 10.2 Å². The van der Waals surface area contributed by atoms with Crippen LogP contribution in [0.4, 0.5) is 4.39 Å². The number of nitrogens with zero attached hydrogens (tertiary/aromatic N) is 4. The van der Waals surface area contributed by atoms with Gasteiger partial charge in [0.15, 0.2) is 0 Å². The molecule has 0 aliphatic carbocycles. The summed E-state index contributed by atoms with van der Waals surface area (Å²) in [4.78, 5) is 0.688. The van der Waals surface area contributed by atoms with Crippen molar-refractivity contribution in [3.8, 4) is 0 Å². The van der Waals surface area contributed by atoms with Crippen molar-refractivity contribution in [1.82, 2.24) is 24.5 Å². The van der Waals surface area contributed by atoms with Crippen LogP contribution in [0.15, 0.2) is 35.5 Å². The topological polar surface area (TPSA) is 89.2 Å². The Kier molecular flexibility index (Phi) is 3.66. The number of rotatable bonds is 5. The third-order valence-corrected chi connectivity index (χ3v) is 5.13. The zero-order valence-corrected chi connectivity index (χ0v) is 12.2. The second kappa shape index (κ2) is 5.47. The molecule has 0 amide bonds. The monoisotopic (exact) mass is 327 g/mol. The zero-order chi connectivity index (χ0) is 14.9. The van der Waals surface area contributed by atoms with Crippen LogP contribution in [-0.4, -0.2) is 34.8 Å². The molecule has 0 atom stereocenters. The average molecular weight is 327 g/mol. The van der Waals surface area contributed by atoms with E-state index in [0.717, 1.165) is 17.1 Å². The minimum absolute atomic E-state index is 0.0297. The minimum Gasteiger partial charge on any atom is -0.211 e. The van der Waals surface area contributed by atoms with Crippen LogP contribution >= 0.6 is 11.3 Å². The van der Waals surface area contributed by atoms with Gasteiger partial charge in [-0.3, -0.25) is 0 Å². The van der Waals surface area contributed by atoms with E-state index in [2.05, 4.69) is 20.0 Å². The van der Waals surface area contributed by atoms with Gasteiger partial charge in [0.1, 0.15) is 17.2 Å². The smallest absolute Gasteiger partial charge is 0.211 e. The number of aromatic nitrogens is 4. The second-order valence-electron chi connectivity index (χ2n) is 4.16. The first-order chi connectivity index (χ1) is 10.0. The fourth-order valence-corrected chi connectivity index (χ4v) is 3.54. The van der Waals surface area contributed by atoms with Gasteiger partial charge in [-0.25, -0.2) is 17.5 Å². The lowest BCUT2D eigenvalue weighted by atomic mass is 10.4. The molecule has 0 unspecified atom stereocenters. The van der Waals surface area contributed by atoms with Gasteiger partial charge in [-0.2, -0.15) is 9.61 Å². The summed E-state index contributed by atoms with van der Waals surface area (Å²) < 4.78 is 40.7. The van der Waals surface area contributed by atoms with Gasteiger partial charge < -0.3 is 0 Å². The normalized spacial score (nSPS) is 12.0. The van der Waals surface area contributed by atoms with Crippen molar-refractivity contribution >= 4 is 26.3 Å². The van der Waals surface area contributed by atoms with Crippen molar-refractivity contribution in [2.75, 3.05) is 6.54 Å². The molecule has 3 rings (SSSR count). The molecule has 10 heteroatoms. The third-order valence-electron chi connectivity index (χ3n) is 2.68. The highest BCUT2D eigenvalue weighted by Crippen LogP contribution is 2.13. The van der Waals surface area contributed by atoms with Crippen LogP contribution in [0.2, 0.25) is 0 Å². The van der Waals surface area contributed by atoms with Crippen molar-refractivity contribution in [3.63, 3.8) is 0 Å². The lowest BCUT2D eigenvalue weighted by Crippen LogP contribution is -2.26. The van der Waals surface area contributed by atoms with Gasteiger partial charge in [0.05, 0.1) is 4.90 Å². The number of fused-ring (bicyclic) bond motifs is 1. The second-order valence-corrected chi connectivity index (χ2v) is 6.96. The van der Waals surface area contributed by atoms with E-state index in [0.29, 0.717) is 11.4 Å². The van der Waals surface area contributed by atoms with Gasteiger partial charge in [0, 0.05) is 13.0 Å². The predicted octanol–water partition coefficient (Wildman–Crippen LogP) is 0.846. The molecule has 0 radical (unpaired) electrons. The van der Waals surface area contributed by atoms with Crippen LogP contribution in [0.1, 0.15) is 5.01 Å². The van der Waals surface area contributed by atoms with E-state index < -0.39 is 15.8 Å². The molecule has 0 saturated carbocycles. The van der Waals surface area contributed by atoms with Crippen LogP contribution < -0.4 is 4.72 Å². The lowest BCUT2D eigenvalue weighted by Gasteiger charge is -2.05. The molecule has 0 spiro atoms. The van der Waals surface area contributed by atoms with Gasteiger partial charge in [0.25, 0.3) is 0 Å². The van der Waals surface area contributed by atoms with Crippen LogP contribution in [0, 0.1) is 5.82 Å². The van der Waals surface area contributed by atoms with Crippen LogP contribution in [-0.2, 0) is 16.4 Å². The Balaban J connectivity index is 1.64. The number of halogens is 1. The highest BCUT2D eigenvalue weighted by Gasteiger charge is 2.14. The molecule has 21 heavy (non-hydrogen) atoms. The van der Waals surface area contributed by atoms with E-state index in [1.54, 1.807) is 0 Å². The maximum absolute atomic E-state index is 12.8. The Morgan fingerprint density at radius 2 is 2.05 bits per heavy atom. The molecule has 7 nitrogen and oxygen atoms in total. The molecule has 110 valence electrons. The summed E-state index contributed by atoms with van der Waals surface area (Å²) in [5.74, 6) is -0.478. The first kappa shape index (κ1) is 14.0. The average Bonchev–Trinajstić information content (AvgIpc) is 3.00. The van der Waals surface area contributed by atoms with Crippen molar-refractivity contribution in [2.45, 2.75) is 11.3 Å². The van der Waals surface area contributed by atoms with E-state index in [1.807, 2.05) is 0 Å². The number of nitrogens with one attached hydrogen (secondary N) is 1. The Morgan fingerprint density at radius 3 is 2.76 bits per heavy atom. The number of benzene rings is 1. The van der Waals surface area contributed by atoms with E-state index in [1.165, 1.54) is 34.3 Å². The number of sulfonamides is 1. The van der Waals surface area contributed by atoms with Crippen molar-refractivity contribution in [1.29, 1.82) is 0 Å². The van der Waals surface area contributed by atoms with E-state index >= 15 is 0 Å². The predicted molar refractivity (Wildman–Crippen MR) is 74.0 cm³/mol. The van der Waals surface area contributed by atoms with Crippen molar-refractivity contribution in [2.24, 2.45) is 0 Å². The molecule has 2 aromatic heterocycles. The molecule has 1 N–H and O–H groups in total. The Hall–Kier alpha value is -1.91. The summed E-state index contributed by atoms with van der Waals surface area (Å²) in [7, 11) is -3.64. The summed E-state index contributed by atoms with van der Waals surface area (Å²) in [6.07, 6.45) is 1.92. The van der Waals surface area contributed by atoms with Gasteiger partial charge in [-0.05, 0) is 24.3 Å². The summed E-state index contributed by atoms with van der Waals surface area (Å²) in [6.45, 7) is 0.198. The Bertz CT molecular complexity index is 828. The highest BCUT2D eigenvalue weighted by molar-refractivity contribution is 7.89. The molecule has 0 saturated heterocycles. The maximum atomic E-state index is 12.8. The summed E-state index contributed by atoms with van der Waals surface area (Å²) in [6, 6.07) is 4.66. The first-order valence-corrected chi connectivity index (χ1v) is 8.25.